The highest BCUT2D eigenvalue weighted by Gasteiger charge is 2.53. The van der Waals surface area contributed by atoms with E-state index in [-0.39, 0.29) is 23.7 Å². The predicted octanol–water partition coefficient (Wildman–Crippen LogP) is 2.05. The second kappa shape index (κ2) is 5.27. The van der Waals surface area contributed by atoms with Crippen LogP contribution in [0, 0.1) is 23.7 Å². The van der Waals surface area contributed by atoms with E-state index >= 15 is 0 Å². The molecule has 2 saturated carbocycles. The number of fused-ring (bicyclic) bond motifs is 2. The molecule has 20 heavy (non-hydrogen) atoms. The lowest BCUT2D eigenvalue weighted by Crippen LogP contribution is -2.41. The first kappa shape index (κ1) is 13.2. The summed E-state index contributed by atoms with van der Waals surface area (Å²) in [7, 11) is 0. The third-order valence-corrected chi connectivity index (χ3v) is 4.81. The van der Waals surface area contributed by atoms with E-state index in [9.17, 15) is 14.7 Å². The SMILES string of the molecule is O=C(O)C1C2CCC(C2)C1C(=O)NCc1ccccc1. The molecule has 2 aliphatic rings. The molecule has 3 rings (SSSR count). The molecule has 4 heteroatoms. The Morgan fingerprint density at radius 1 is 1.10 bits per heavy atom. The monoisotopic (exact) mass is 273 g/mol. The summed E-state index contributed by atoms with van der Waals surface area (Å²) in [6, 6.07) is 9.70. The predicted molar refractivity (Wildman–Crippen MR) is 73.7 cm³/mol. The number of hydrogen-bond donors (Lipinski definition) is 2. The van der Waals surface area contributed by atoms with Crippen molar-refractivity contribution in [1.29, 1.82) is 0 Å². The van der Waals surface area contributed by atoms with Crippen molar-refractivity contribution in [2.45, 2.75) is 25.8 Å². The molecular weight excluding hydrogens is 254 g/mol. The zero-order valence-corrected chi connectivity index (χ0v) is 11.3. The molecule has 106 valence electrons. The summed E-state index contributed by atoms with van der Waals surface area (Å²) in [6.07, 6.45) is 2.86. The Bertz CT molecular complexity index is 514. The molecule has 2 bridgehead atoms. The van der Waals surface area contributed by atoms with Crippen LogP contribution in [0.3, 0.4) is 0 Å². The first-order valence-electron chi connectivity index (χ1n) is 7.21. The van der Waals surface area contributed by atoms with Gasteiger partial charge >= 0.3 is 5.97 Å². The normalized spacial score (nSPS) is 31.2. The number of amides is 1. The Hall–Kier alpha value is -1.84. The minimum Gasteiger partial charge on any atom is -0.481 e. The van der Waals surface area contributed by atoms with Crippen LogP contribution < -0.4 is 5.32 Å². The number of rotatable bonds is 4. The number of carbonyl (C=O) groups excluding carboxylic acids is 1. The van der Waals surface area contributed by atoms with Crippen LogP contribution >= 0.6 is 0 Å². The summed E-state index contributed by atoms with van der Waals surface area (Å²) in [5.74, 6) is -1.26. The van der Waals surface area contributed by atoms with Gasteiger partial charge in [0.1, 0.15) is 0 Å². The van der Waals surface area contributed by atoms with Gasteiger partial charge < -0.3 is 10.4 Å². The fourth-order valence-corrected chi connectivity index (χ4v) is 3.93. The van der Waals surface area contributed by atoms with Crippen LogP contribution in [0.25, 0.3) is 0 Å². The summed E-state index contributed by atoms with van der Waals surface area (Å²) in [6.45, 7) is 0.472. The maximum Gasteiger partial charge on any atom is 0.307 e. The molecule has 0 aromatic heterocycles. The molecule has 1 aromatic rings. The molecule has 1 aromatic carbocycles. The van der Waals surface area contributed by atoms with Gasteiger partial charge in [0.15, 0.2) is 0 Å². The summed E-state index contributed by atoms with van der Waals surface area (Å²) in [4.78, 5) is 23.7. The minimum absolute atomic E-state index is 0.0894. The van der Waals surface area contributed by atoms with Gasteiger partial charge in [-0.15, -0.1) is 0 Å². The number of carbonyl (C=O) groups is 2. The molecule has 0 radical (unpaired) electrons. The summed E-state index contributed by atoms with van der Waals surface area (Å²) in [5.41, 5.74) is 1.04. The highest BCUT2D eigenvalue weighted by Crippen LogP contribution is 2.52. The Balaban J connectivity index is 1.66. The van der Waals surface area contributed by atoms with E-state index < -0.39 is 11.9 Å². The quantitative estimate of drug-likeness (QED) is 0.882. The fraction of sp³-hybridized carbons (Fsp3) is 0.500. The Kier molecular flexibility index (Phi) is 3.47. The van der Waals surface area contributed by atoms with Gasteiger partial charge in [-0.25, -0.2) is 0 Å². The molecule has 1 amide bonds. The van der Waals surface area contributed by atoms with Crippen molar-refractivity contribution in [3.05, 3.63) is 35.9 Å². The summed E-state index contributed by atoms with van der Waals surface area (Å²) < 4.78 is 0. The number of carboxylic acids is 1. The number of benzene rings is 1. The van der Waals surface area contributed by atoms with Crippen LogP contribution in [0.2, 0.25) is 0 Å². The second-order valence-corrected chi connectivity index (χ2v) is 5.93. The lowest BCUT2D eigenvalue weighted by molar-refractivity contribution is -0.149. The largest absolute Gasteiger partial charge is 0.481 e. The van der Waals surface area contributed by atoms with Crippen LogP contribution in [0.4, 0.5) is 0 Å². The van der Waals surface area contributed by atoms with Crippen molar-refractivity contribution in [1.82, 2.24) is 5.32 Å². The van der Waals surface area contributed by atoms with Gasteiger partial charge in [0.25, 0.3) is 0 Å². The molecule has 2 fully saturated rings. The zero-order valence-electron chi connectivity index (χ0n) is 11.3. The van der Waals surface area contributed by atoms with Gasteiger partial charge in [-0.1, -0.05) is 30.3 Å². The third-order valence-electron chi connectivity index (χ3n) is 4.81. The molecule has 0 heterocycles. The van der Waals surface area contributed by atoms with Crippen molar-refractivity contribution >= 4 is 11.9 Å². The van der Waals surface area contributed by atoms with Crippen LogP contribution in [-0.2, 0) is 16.1 Å². The van der Waals surface area contributed by atoms with E-state index in [2.05, 4.69) is 5.32 Å². The third kappa shape index (κ3) is 2.30. The lowest BCUT2D eigenvalue weighted by Gasteiger charge is -2.27. The van der Waals surface area contributed by atoms with E-state index in [1.807, 2.05) is 30.3 Å². The summed E-state index contributed by atoms with van der Waals surface area (Å²) in [5, 5.41) is 12.3. The average Bonchev–Trinajstić information content (AvgIpc) is 3.06. The molecule has 0 saturated heterocycles. The number of nitrogens with one attached hydrogen (secondary N) is 1. The Morgan fingerprint density at radius 2 is 1.75 bits per heavy atom. The van der Waals surface area contributed by atoms with Crippen LogP contribution in [-0.4, -0.2) is 17.0 Å². The van der Waals surface area contributed by atoms with Crippen LogP contribution in [0.15, 0.2) is 30.3 Å². The molecule has 0 aliphatic heterocycles. The van der Waals surface area contributed by atoms with Gasteiger partial charge in [-0.05, 0) is 36.7 Å². The zero-order chi connectivity index (χ0) is 14.1. The molecule has 2 aliphatic carbocycles. The fourth-order valence-electron chi connectivity index (χ4n) is 3.93. The van der Waals surface area contributed by atoms with E-state index in [0.717, 1.165) is 24.8 Å². The van der Waals surface area contributed by atoms with Gasteiger partial charge in [0.2, 0.25) is 5.91 Å². The molecular formula is C16H19NO3. The van der Waals surface area contributed by atoms with Gasteiger partial charge in [-0.3, -0.25) is 9.59 Å². The highest BCUT2D eigenvalue weighted by molar-refractivity contribution is 5.86. The van der Waals surface area contributed by atoms with E-state index in [1.54, 1.807) is 0 Å². The maximum atomic E-state index is 12.3. The van der Waals surface area contributed by atoms with Crippen LogP contribution in [0.5, 0.6) is 0 Å². The minimum atomic E-state index is -0.808. The first-order valence-corrected chi connectivity index (χ1v) is 7.21. The van der Waals surface area contributed by atoms with E-state index in [1.165, 1.54) is 0 Å². The summed E-state index contributed by atoms with van der Waals surface area (Å²) >= 11 is 0. The van der Waals surface area contributed by atoms with Gasteiger partial charge in [0.05, 0.1) is 11.8 Å². The molecule has 4 unspecified atom stereocenters. The highest BCUT2D eigenvalue weighted by atomic mass is 16.4. The Labute approximate surface area is 118 Å². The van der Waals surface area contributed by atoms with Gasteiger partial charge in [-0.2, -0.15) is 0 Å². The van der Waals surface area contributed by atoms with Crippen molar-refractivity contribution < 1.29 is 14.7 Å². The number of aliphatic carboxylic acids is 1. The van der Waals surface area contributed by atoms with E-state index in [4.69, 9.17) is 0 Å². The molecule has 4 nitrogen and oxygen atoms in total. The van der Waals surface area contributed by atoms with E-state index in [0.29, 0.717) is 6.54 Å². The van der Waals surface area contributed by atoms with Crippen LogP contribution in [0.1, 0.15) is 24.8 Å². The van der Waals surface area contributed by atoms with Crippen molar-refractivity contribution in [3.63, 3.8) is 0 Å². The lowest BCUT2D eigenvalue weighted by atomic mass is 9.78. The average molecular weight is 273 g/mol. The maximum absolute atomic E-state index is 12.3. The molecule has 2 N–H and O–H groups in total. The standard InChI is InChI=1S/C16H19NO3/c18-15(17-9-10-4-2-1-3-5-10)13-11-6-7-12(8-11)14(13)16(19)20/h1-5,11-14H,6-9H2,(H,17,18)(H,19,20). The first-order chi connectivity index (χ1) is 9.66. The van der Waals surface area contributed by atoms with Crippen molar-refractivity contribution in [2.75, 3.05) is 0 Å². The van der Waals surface area contributed by atoms with Crippen molar-refractivity contribution in [3.8, 4) is 0 Å². The number of carboxylic acid groups (broad SMARTS) is 1. The molecule has 0 spiro atoms. The second-order valence-electron chi connectivity index (χ2n) is 5.93. The molecule has 4 atom stereocenters. The van der Waals surface area contributed by atoms with Gasteiger partial charge in [0, 0.05) is 6.54 Å². The smallest absolute Gasteiger partial charge is 0.307 e. The Morgan fingerprint density at radius 3 is 2.40 bits per heavy atom. The topological polar surface area (TPSA) is 66.4 Å². The number of hydrogen-bond acceptors (Lipinski definition) is 2. The van der Waals surface area contributed by atoms with Crippen molar-refractivity contribution in [2.24, 2.45) is 23.7 Å².